The number of anilines is 1. The van der Waals surface area contributed by atoms with Gasteiger partial charge in [0.05, 0.1) is 0 Å². The number of nitrogens with one attached hydrogen (secondary N) is 2. The van der Waals surface area contributed by atoms with Crippen LogP contribution in [0.4, 0.5) is 5.95 Å². The molecule has 0 aromatic carbocycles. The third-order valence-corrected chi connectivity index (χ3v) is 4.63. The van der Waals surface area contributed by atoms with Gasteiger partial charge in [-0.15, -0.1) is 5.10 Å². The third kappa shape index (κ3) is 2.61. The van der Waals surface area contributed by atoms with Gasteiger partial charge in [0.15, 0.2) is 0 Å². The number of rotatable bonds is 4. The molecule has 2 fully saturated rings. The summed E-state index contributed by atoms with van der Waals surface area (Å²) in [7, 11) is 2.03. The van der Waals surface area contributed by atoms with Gasteiger partial charge in [-0.05, 0) is 44.2 Å². The van der Waals surface area contributed by atoms with Gasteiger partial charge < -0.3 is 10.2 Å². The molecule has 2 heterocycles. The van der Waals surface area contributed by atoms with Crippen LogP contribution in [-0.2, 0) is 0 Å². The van der Waals surface area contributed by atoms with Crippen LogP contribution in [0.5, 0.6) is 0 Å². The maximum atomic E-state index is 4.72. The molecule has 0 radical (unpaired) electrons. The van der Waals surface area contributed by atoms with Gasteiger partial charge in [0.2, 0.25) is 5.95 Å². The highest BCUT2D eigenvalue weighted by Gasteiger charge is 2.48. The minimum Gasteiger partial charge on any atom is -0.339 e. The molecular formula is C14H25N5. The fourth-order valence-electron chi connectivity index (χ4n) is 3.20. The summed E-state index contributed by atoms with van der Waals surface area (Å²) >= 11 is 0. The molecule has 1 aliphatic carbocycles. The second-order valence-electron chi connectivity index (χ2n) is 6.78. The van der Waals surface area contributed by atoms with Gasteiger partial charge in [-0.25, -0.2) is 0 Å². The minimum atomic E-state index is 0.410. The van der Waals surface area contributed by atoms with Crippen molar-refractivity contribution < 1.29 is 0 Å². The number of H-pyrrole nitrogens is 1. The molecule has 19 heavy (non-hydrogen) atoms. The second kappa shape index (κ2) is 4.78. The Hall–Kier alpha value is -1.10. The topological polar surface area (TPSA) is 56.8 Å². The summed E-state index contributed by atoms with van der Waals surface area (Å²) in [5, 5.41) is 10.9. The number of aromatic amines is 1. The maximum absolute atomic E-state index is 4.72. The first-order valence-corrected chi connectivity index (χ1v) is 7.42. The van der Waals surface area contributed by atoms with E-state index in [1.165, 1.54) is 19.3 Å². The van der Waals surface area contributed by atoms with Gasteiger partial charge in [0, 0.05) is 19.0 Å². The first-order chi connectivity index (χ1) is 9.10. The Balaban J connectivity index is 1.66. The summed E-state index contributed by atoms with van der Waals surface area (Å²) in [5.41, 5.74) is 0.410. The van der Waals surface area contributed by atoms with Crippen molar-refractivity contribution >= 4 is 5.95 Å². The smallest absolute Gasteiger partial charge is 0.244 e. The monoisotopic (exact) mass is 263 g/mol. The summed E-state index contributed by atoms with van der Waals surface area (Å²) in [4.78, 5) is 7.06. The van der Waals surface area contributed by atoms with E-state index in [9.17, 15) is 0 Å². The molecule has 106 valence electrons. The fourth-order valence-corrected chi connectivity index (χ4v) is 3.20. The van der Waals surface area contributed by atoms with Gasteiger partial charge in [0.25, 0.3) is 0 Å². The van der Waals surface area contributed by atoms with E-state index in [1.54, 1.807) is 0 Å². The van der Waals surface area contributed by atoms with Crippen molar-refractivity contribution in [3.63, 3.8) is 0 Å². The van der Waals surface area contributed by atoms with Gasteiger partial charge in [0.1, 0.15) is 5.82 Å². The van der Waals surface area contributed by atoms with Crippen molar-refractivity contribution in [2.45, 2.75) is 39.0 Å². The lowest BCUT2D eigenvalue weighted by Gasteiger charge is -2.31. The molecule has 3 rings (SSSR count). The number of piperidine rings is 1. The highest BCUT2D eigenvalue weighted by molar-refractivity contribution is 5.31. The zero-order chi connectivity index (χ0) is 13.5. The molecule has 1 aliphatic heterocycles. The molecule has 2 atom stereocenters. The van der Waals surface area contributed by atoms with Gasteiger partial charge in [-0.3, -0.25) is 5.10 Å². The predicted molar refractivity (Wildman–Crippen MR) is 76.4 cm³/mol. The molecular weight excluding hydrogens is 238 g/mol. The lowest BCUT2D eigenvalue weighted by Crippen LogP contribution is -2.39. The summed E-state index contributed by atoms with van der Waals surface area (Å²) < 4.78 is 0. The lowest BCUT2D eigenvalue weighted by molar-refractivity contribution is 0.399. The normalized spacial score (nSPS) is 29.5. The van der Waals surface area contributed by atoms with Crippen LogP contribution in [0.2, 0.25) is 0 Å². The second-order valence-corrected chi connectivity index (χ2v) is 6.78. The molecule has 1 saturated carbocycles. The molecule has 2 aliphatic rings. The zero-order valence-electron chi connectivity index (χ0n) is 12.2. The SMILES string of the molecule is CNCC1CCCN(c2n[nH]c(C3CC3(C)C)n2)C1. The molecule has 1 aromatic heterocycles. The predicted octanol–water partition coefficient (Wildman–Crippen LogP) is 1.75. The number of aromatic nitrogens is 3. The van der Waals surface area contributed by atoms with Gasteiger partial charge in [-0.1, -0.05) is 13.8 Å². The Labute approximate surface area is 115 Å². The quantitative estimate of drug-likeness (QED) is 0.869. The Morgan fingerprint density at radius 2 is 2.26 bits per heavy atom. The maximum Gasteiger partial charge on any atom is 0.244 e. The summed E-state index contributed by atoms with van der Waals surface area (Å²) in [6.07, 6.45) is 3.78. The van der Waals surface area contributed by atoms with Crippen LogP contribution >= 0.6 is 0 Å². The standard InChI is InChI=1S/C14H25N5/c1-14(2)7-11(14)12-16-13(18-17-12)19-6-4-5-10(9-19)8-15-3/h10-11,15H,4-9H2,1-3H3,(H,16,17,18). The third-order valence-electron chi connectivity index (χ3n) is 4.63. The van der Waals surface area contributed by atoms with Crippen molar-refractivity contribution in [3.8, 4) is 0 Å². The van der Waals surface area contributed by atoms with Gasteiger partial charge in [-0.2, -0.15) is 4.98 Å². The van der Waals surface area contributed by atoms with Crippen LogP contribution < -0.4 is 10.2 Å². The number of nitrogens with zero attached hydrogens (tertiary/aromatic N) is 3. The minimum absolute atomic E-state index is 0.410. The molecule has 0 amide bonds. The van der Waals surface area contributed by atoms with Crippen LogP contribution in [0.3, 0.4) is 0 Å². The molecule has 2 N–H and O–H groups in total. The highest BCUT2D eigenvalue weighted by Crippen LogP contribution is 2.57. The molecule has 0 bridgehead atoms. The summed E-state index contributed by atoms with van der Waals surface area (Å²) in [5.74, 6) is 3.28. The van der Waals surface area contributed by atoms with Crippen molar-refractivity contribution in [2.75, 3.05) is 31.6 Å². The van der Waals surface area contributed by atoms with Crippen molar-refractivity contribution in [3.05, 3.63) is 5.82 Å². The summed E-state index contributed by atoms with van der Waals surface area (Å²) in [6, 6.07) is 0. The molecule has 0 spiro atoms. The van der Waals surface area contributed by atoms with E-state index in [2.05, 4.69) is 34.3 Å². The highest BCUT2D eigenvalue weighted by atomic mass is 15.4. The average Bonchev–Trinajstić information content (AvgIpc) is 2.83. The van der Waals surface area contributed by atoms with E-state index in [4.69, 9.17) is 4.98 Å². The van der Waals surface area contributed by atoms with Crippen molar-refractivity contribution in [2.24, 2.45) is 11.3 Å². The Morgan fingerprint density at radius 1 is 1.47 bits per heavy atom. The van der Waals surface area contributed by atoms with Crippen LogP contribution in [-0.4, -0.2) is 41.9 Å². The Kier molecular flexibility index (Phi) is 3.25. The van der Waals surface area contributed by atoms with E-state index in [0.29, 0.717) is 11.3 Å². The number of hydrogen-bond donors (Lipinski definition) is 2. The first kappa shape index (κ1) is 12.9. The lowest BCUT2D eigenvalue weighted by atomic mass is 9.98. The average molecular weight is 263 g/mol. The Morgan fingerprint density at radius 3 is 2.95 bits per heavy atom. The summed E-state index contributed by atoms with van der Waals surface area (Å²) in [6.45, 7) is 7.84. The van der Waals surface area contributed by atoms with Crippen molar-refractivity contribution in [1.82, 2.24) is 20.5 Å². The molecule has 1 aromatic rings. The molecule has 1 saturated heterocycles. The van der Waals surface area contributed by atoms with Crippen LogP contribution in [0.25, 0.3) is 0 Å². The zero-order valence-corrected chi connectivity index (χ0v) is 12.2. The largest absolute Gasteiger partial charge is 0.339 e. The molecule has 5 heteroatoms. The van der Waals surface area contributed by atoms with E-state index in [1.807, 2.05) is 7.05 Å². The van der Waals surface area contributed by atoms with E-state index >= 15 is 0 Å². The van der Waals surface area contributed by atoms with E-state index < -0.39 is 0 Å². The van der Waals surface area contributed by atoms with Crippen LogP contribution in [0.1, 0.15) is 44.9 Å². The number of hydrogen-bond acceptors (Lipinski definition) is 4. The van der Waals surface area contributed by atoms with Crippen LogP contribution in [0.15, 0.2) is 0 Å². The fraction of sp³-hybridized carbons (Fsp3) is 0.857. The molecule has 5 nitrogen and oxygen atoms in total. The van der Waals surface area contributed by atoms with Crippen LogP contribution in [0, 0.1) is 11.3 Å². The van der Waals surface area contributed by atoms with E-state index in [-0.39, 0.29) is 0 Å². The molecule has 2 unspecified atom stereocenters. The Bertz CT molecular complexity index is 437. The first-order valence-electron chi connectivity index (χ1n) is 7.42. The van der Waals surface area contributed by atoms with Gasteiger partial charge >= 0.3 is 0 Å². The van der Waals surface area contributed by atoms with Crippen molar-refractivity contribution in [1.29, 1.82) is 0 Å². The van der Waals surface area contributed by atoms with E-state index in [0.717, 1.165) is 37.3 Å².